The van der Waals surface area contributed by atoms with Crippen LogP contribution in [0.25, 0.3) is 0 Å². The topological polar surface area (TPSA) is 32.5 Å². The van der Waals surface area contributed by atoms with Crippen LogP contribution in [0.5, 0.6) is 0 Å². The fraction of sp³-hybridized carbons (Fsp3) is 1.00. The lowest BCUT2D eigenvalue weighted by molar-refractivity contribution is -0.00754. The summed E-state index contributed by atoms with van der Waals surface area (Å²) < 4.78 is 0. The second-order valence-electron chi connectivity index (χ2n) is 8.29. The van der Waals surface area contributed by atoms with E-state index in [9.17, 15) is 0 Å². The van der Waals surface area contributed by atoms with Crippen LogP contribution in [0.2, 0.25) is 0 Å². The van der Waals surface area contributed by atoms with Gasteiger partial charge in [-0.1, -0.05) is 12.8 Å². The highest BCUT2D eigenvalue weighted by Crippen LogP contribution is 2.52. The molecule has 3 nitrogen and oxygen atoms in total. The van der Waals surface area contributed by atoms with Gasteiger partial charge in [-0.25, -0.2) is 0 Å². The lowest BCUT2D eigenvalue weighted by Crippen LogP contribution is -2.60. The molecule has 122 valence electrons. The van der Waals surface area contributed by atoms with Crippen molar-refractivity contribution in [3.63, 3.8) is 0 Å². The van der Waals surface area contributed by atoms with Crippen LogP contribution in [0.3, 0.4) is 0 Å². The zero-order chi connectivity index (χ0) is 14.9. The first kappa shape index (κ1) is 15.8. The minimum absolute atomic E-state index is 0.304. The fourth-order valence-corrected chi connectivity index (χ4v) is 5.56. The summed E-state index contributed by atoms with van der Waals surface area (Å²) in [6, 6.07) is 0.652. The van der Waals surface area contributed by atoms with Gasteiger partial charge in [0.15, 0.2) is 0 Å². The largest absolute Gasteiger partial charge is 0.329 e. The van der Waals surface area contributed by atoms with E-state index in [0.717, 1.165) is 6.54 Å². The minimum atomic E-state index is 0.304. The average molecular weight is 293 g/mol. The first-order chi connectivity index (χ1) is 10.1. The van der Waals surface area contributed by atoms with E-state index < -0.39 is 0 Å². The average Bonchev–Trinajstić information content (AvgIpc) is 2.86. The number of likely N-dealkylation sites (N-methyl/N-ethyl adjacent to an activating group) is 1. The Morgan fingerprint density at radius 3 is 2.24 bits per heavy atom. The summed E-state index contributed by atoms with van der Waals surface area (Å²) in [6.45, 7) is 6.96. The summed E-state index contributed by atoms with van der Waals surface area (Å²) >= 11 is 0. The highest BCUT2D eigenvalue weighted by Gasteiger charge is 2.47. The van der Waals surface area contributed by atoms with Crippen LogP contribution in [0, 0.1) is 5.41 Å². The lowest BCUT2D eigenvalue weighted by Gasteiger charge is -2.52. The number of nitrogens with zero attached hydrogens (tertiary/aromatic N) is 2. The molecule has 1 saturated heterocycles. The van der Waals surface area contributed by atoms with Crippen LogP contribution in [-0.2, 0) is 0 Å². The van der Waals surface area contributed by atoms with E-state index in [-0.39, 0.29) is 0 Å². The zero-order valence-corrected chi connectivity index (χ0v) is 14.2. The molecule has 2 N–H and O–H groups in total. The highest BCUT2D eigenvalue weighted by atomic mass is 15.3. The lowest BCUT2D eigenvalue weighted by atomic mass is 9.65. The molecule has 0 bridgehead atoms. The molecular weight excluding hydrogens is 258 g/mol. The molecule has 0 aromatic heterocycles. The van der Waals surface area contributed by atoms with Gasteiger partial charge in [0.05, 0.1) is 0 Å². The maximum atomic E-state index is 6.35. The second-order valence-corrected chi connectivity index (χ2v) is 8.29. The summed E-state index contributed by atoms with van der Waals surface area (Å²) in [6.07, 6.45) is 12.8. The zero-order valence-electron chi connectivity index (χ0n) is 14.2. The number of rotatable bonds is 2. The Hall–Kier alpha value is -0.120. The standard InChI is InChI=1S/C18H35N3/c1-16-14-20(2)12-5-13-21(16)18(15-19)10-8-17(9-11-18)6-3-4-7-17/h16H,3-15,19H2,1-2H3. The molecule has 1 atom stereocenters. The third kappa shape index (κ3) is 3.02. The third-order valence-electron chi connectivity index (χ3n) is 6.94. The monoisotopic (exact) mass is 293 g/mol. The van der Waals surface area contributed by atoms with E-state index in [4.69, 9.17) is 5.73 Å². The second kappa shape index (κ2) is 6.17. The molecule has 0 amide bonds. The predicted octanol–water partition coefficient (Wildman–Crippen LogP) is 2.84. The van der Waals surface area contributed by atoms with E-state index in [1.807, 2.05) is 0 Å². The molecular formula is C18H35N3. The molecule has 3 fully saturated rings. The molecule has 3 heteroatoms. The predicted molar refractivity (Wildman–Crippen MR) is 89.4 cm³/mol. The minimum Gasteiger partial charge on any atom is -0.329 e. The Labute approximate surface area is 131 Å². The van der Waals surface area contributed by atoms with Crippen LogP contribution in [0.1, 0.15) is 64.7 Å². The van der Waals surface area contributed by atoms with E-state index >= 15 is 0 Å². The van der Waals surface area contributed by atoms with Gasteiger partial charge >= 0.3 is 0 Å². The van der Waals surface area contributed by atoms with Crippen LogP contribution in [0.15, 0.2) is 0 Å². The first-order valence-corrected chi connectivity index (χ1v) is 9.25. The van der Waals surface area contributed by atoms with Gasteiger partial charge in [0.2, 0.25) is 0 Å². The highest BCUT2D eigenvalue weighted by molar-refractivity contribution is 5.03. The Balaban J connectivity index is 1.71. The van der Waals surface area contributed by atoms with Crippen molar-refractivity contribution in [2.24, 2.45) is 11.1 Å². The summed E-state index contributed by atoms with van der Waals surface area (Å²) in [5.41, 5.74) is 7.37. The molecule has 1 aliphatic heterocycles. The molecule has 0 aromatic carbocycles. The van der Waals surface area contributed by atoms with Gasteiger partial charge in [0.1, 0.15) is 0 Å². The summed E-state index contributed by atoms with van der Waals surface area (Å²) in [7, 11) is 2.27. The molecule has 3 aliphatic rings. The van der Waals surface area contributed by atoms with Crippen LogP contribution in [-0.4, -0.2) is 54.6 Å². The first-order valence-electron chi connectivity index (χ1n) is 9.25. The van der Waals surface area contributed by atoms with Gasteiger partial charge in [0.25, 0.3) is 0 Å². The molecule has 21 heavy (non-hydrogen) atoms. The van der Waals surface area contributed by atoms with Crippen molar-refractivity contribution in [2.45, 2.75) is 76.3 Å². The van der Waals surface area contributed by atoms with Crippen LogP contribution in [0.4, 0.5) is 0 Å². The van der Waals surface area contributed by atoms with Crippen molar-refractivity contribution >= 4 is 0 Å². The number of hydrogen-bond donors (Lipinski definition) is 1. The van der Waals surface area contributed by atoms with E-state index in [1.54, 1.807) is 0 Å². The molecule has 1 spiro atoms. The van der Waals surface area contributed by atoms with Gasteiger partial charge in [-0.3, -0.25) is 4.90 Å². The number of nitrogens with two attached hydrogens (primary N) is 1. The van der Waals surface area contributed by atoms with Crippen molar-refractivity contribution in [2.75, 3.05) is 33.2 Å². The Kier molecular flexibility index (Phi) is 4.63. The normalized spacial score (nSPS) is 34.1. The number of hydrogen-bond acceptors (Lipinski definition) is 3. The Morgan fingerprint density at radius 2 is 1.62 bits per heavy atom. The van der Waals surface area contributed by atoms with Crippen molar-refractivity contribution in [3.8, 4) is 0 Å². The molecule has 1 heterocycles. The maximum Gasteiger partial charge on any atom is 0.0335 e. The Bertz CT molecular complexity index is 338. The molecule has 0 aromatic rings. The maximum absolute atomic E-state index is 6.35. The van der Waals surface area contributed by atoms with Crippen LogP contribution < -0.4 is 5.73 Å². The van der Waals surface area contributed by atoms with Crippen molar-refractivity contribution in [1.29, 1.82) is 0 Å². The molecule has 3 rings (SSSR count). The quantitative estimate of drug-likeness (QED) is 0.850. The molecule has 1 unspecified atom stereocenters. The SMILES string of the molecule is CC1CN(C)CCCN1C1(CN)CCC2(CCCC2)CC1. The van der Waals surface area contributed by atoms with E-state index in [0.29, 0.717) is 17.0 Å². The van der Waals surface area contributed by atoms with Gasteiger partial charge in [-0.15, -0.1) is 0 Å². The molecule has 0 radical (unpaired) electrons. The summed E-state index contributed by atoms with van der Waals surface area (Å²) in [5.74, 6) is 0. The fourth-order valence-electron chi connectivity index (χ4n) is 5.56. The van der Waals surface area contributed by atoms with Crippen molar-refractivity contribution in [3.05, 3.63) is 0 Å². The summed E-state index contributed by atoms with van der Waals surface area (Å²) in [5, 5.41) is 0. The summed E-state index contributed by atoms with van der Waals surface area (Å²) in [4.78, 5) is 5.30. The van der Waals surface area contributed by atoms with Crippen molar-refractivity contribution in [1.82, 2.24) is 9.80 Å². The Morgan fingerprint density at radius 1 is 0.952 bits per heavy atom. The van der Waals surface area contributed by atoms with E-state index in [2.05, 4.69) is 23.8 Å². The van der Waals surface area contributed by atoms with Gasteiger partial charge < -0.3 is 10.6 Å². The van der Waals surface area contributed by atoms with Gasteiger partial charge in [0, 0.05) is 31.2 Å². The van der Waals surface area contributed by atoms with Gasteiger partial charge in [-0.05, 0) is 70.9 Å². The molecule has 2 aliphatic carbocycles. The smallest absolute Gasteiger partial charge is 0.0335 e. The third-order valence-corrected chi connectivity index (χ3v) is 6.94. The van der Waals surface area contributed by atoms with Gasteiger partial charge in [-0.2, -0.15) is 0 Å². The van der Waals surface area contributed by atoms with Crippen LogP contribution >= 0.6 is 0 Å². The van der Waals surface area contributed by atoms with E-state index in [1.165, 1.54) is 77.4 Å². The molecule has 2 saturated carbocycles. The van der Waals surface area contributed by atoms with Crippen molar-refractivity contribution < 1.29 is 0 Å².